The van der Waals surface area contributed by atoms with Gasteiger partial charge in [0.05, 0.1) is 19.7 Å². The fourth-order valence-corrected chi connectivity index (χ4v) is 3.52. The molecule has 0 N–H and O–H groups in total. The topological polar surface area (TPSA) is 98.4 Å². The first kappa shape index (κ1) is 19.4. The van der Waals surface area contributed by atoms with E-state index in [1.165, 1.54) is 18.8 Å². The number of carbonyl (C=O) groups excluding carboxylic acids is 3. The van der Waals surface area contributed by atoms with Crippen molar-refractivity contribution in [2.75, 3.05) is 14.2 Å². The largest absolute Gasteiger partial charge is 0.468 e. The van der Waals surface area contributed by atoms with Crippen molar-refractivity contribution >= 4 is 28.7 Å². The number of methoxy groups -OCH3 is 2. The second-order valence-corrected chi connectivity index (χ2v) is 6.66. The third-order valence-corrected chi connectivity index (χ3v) is 5.08. The minimum atomic E-state index is -1.27. The van der Waals surface area contributed by atoms with E-state index in [-0.39, 0.29) is 18.2 Å². The minimum absolute atomic E-state index is 0.189. The number of esters is 2. The Morgan fingerprint density at radius 1 is 1.25 bits per heavy atom. The van der Waals surface area contributed by atoms with Gasteiger partial charge < -0.3 is 9.47 Å². The third kappa shape index (κ3) is 3.18. The van der Waals surface area contributed by atoms with Gasteiger partial charge in [-0.15, -0.1) is 0 Å². The third-order valence-electron chi connectivity index (χ3n) is 5.08. The summed E-state index contributed by atoms with van der Waals surface area (Å²) in [7, 11) is 2.47. The van der Waals surface area contributed by atoms with Gasteiger partial charge in [0.1, 0.15) is 11.8 Å². The molecular weight excluding hydrogens is 360 g/mol. The zero-order valence-corrected chi connectivity index (χ0v) is 15.7. The van der Waals surface area contributed by atoms with E-state index in [0.717, 1.165) is 5.39 Å². The molecule has 1 saturated carbocycles. The smallest absolute Gasteiger partial charge is 0.323 e. The van der Waals surface area contributed by atoms with Crippen LogP contribution in [-0.2, 0) is 19.1 Å². The van der Waals surface area contributed by atoms with Crippen molar-refractivity contribution in [3.8, 4) is 6.07 Å². The molecule has 7 heteroatoms. The van der Waals surface area contributed by atoms with Crippen molar-refractivity contribution in [3.05, 3.63) is 48.2 Å². The number of hydrogen-bond acceptors (Lipinski definition) is 6. The number of carbonyl (C=O) groups is 3. The standard InChI is InChI=1S/C21H20N2O5/c1-27-19(25)21(20(26)28-2)12-15(21)8-4-6-10-18(24)23-16(13-22)11-14-7-3-5-9-17(14)23/h3-5,7-9,11,15H,6,10,12H2,1-2H3/b8-4+. The van der Waals surface area contributed by atoms with Gasteiger partial charge in [-0.3, -0.25) is 19.0 Å². The van der Waals surface area contributed by atoms with Crippen LogP contribution in [0.2, 0.25) is 0 Å². The summed E-state index contributed by atoms with van der Waals surface area (Å²) in [6.07, 6.45) is 4.47. The minimum Gasteiger partial charge on any atom is -0.468 e. The average Bonchev–Trinajstić information content (AvgIpc) is 3.33. The molecule has 1 aliphatic carbocycles. The van der Waals surface area contributed by atoms with Crippen LogP contribution in [0.5, 0.6) is 0 Å². The molecule has 1 aromatic carbocycles. The molecule has 3 rings (SSSR count). The maximum atomic E-state index is 12.6. The SMILES string of the molecule is COC(=O)C1(C(=O)OC)CC1/C=C/CCC(=O)n1c(C#N)cc2ccccc21. The lowest BCUT2D eigenvalue weighted by Crippen LogP contribution is -2.30. The van der Waals surface area contributed by atoms with E-state index in [0.29, 0.717) is 24.1 Å². The van der Waals surface area contributed by atoms with Crippen molar-refractivity contribution in [3.63, 3.8) is 0 Å². The van der Waals surface area contributed by atoms with Gasteiger partial charge in [0.15, 0.2) is 5.41 Å². The summed E-state index contributed by atoms with van der Waals surface area (Å²) in [5.74, 6) is -1.71. The second-order valence-electron chi connectivity index (χ2n) is 6.66. The molecular formula is C21H20N2O5. The van der Waals surface area contributed by atoms with E-state index in [1.807, 2.05) is 18.2 Å². The first-order valence-electron chi connectivity index (χ1n) is 8.87. The van der Waals surface area contributed by atoms with Crippen molar-refractivity contribution < 1.29 is 23.9 Å². The molecule has 1 unspecified atom stereocenters. The van der Waals surface area contributed by atoms with Gasteiger partial charge in [-0.1, -0.05) is 30.4 Å². The highest BCUT2D eigenvalue weighted by Crippen LogP contribution is 2.55. The highest BCUT2D eigenvalue weighted by molar-refractivity contribution is 6.04. The predicted octanol–water partition coefficient (Wildman–Crippen LogP) is 2.84. The number of rotatable bonds is 6. The summed E-state index contributed by atoms with van der Waals surface area (Å²) in [4.78, 5) is 36.5. The summed E-state index contributed by atoms with van der Waals surface area (Å²) < 4.78 is 10.9. The molecule has 2 aromatic rings. The Morgan fingerprint density at radius 2 is 1.93 bits per heavy atom. The van der Waals surface area contributed by atoms with E-state index in [9.17, 15) is 19.6 Å². The molecule has 1 heterocycles. The summed E-state index contributed by atoms with van der Waals surface area (Å²) in [6.45, 7) is 0. The zero-order chi connectivity index (χ0) is 20.3. The van der Waals surface area contributed by atoms with E-state index in [4.69, 9.17) is 9.47 Å². The summed E-state index contributed by atoms with van der Waals surface area (Å²) in [5.41, 5.74) is -0.271. The maximum absolute atomic E-state index is 12.6. The normalized spacial score (nSPS) is 17.2. The van der Waals surface area contributed by atoms with Crippen molar-refractivity contribution in [1.29, 1.82) is 5.26 Å². The number of aromatic nitrogens is 1. The fraction of sp³-hybridized carbons (Fsp3) is 0.333. The van der Waals surface area contributed by atoms with Crippen LogP contribution in [0.3, 0.4) is 0 Å². The monoisotopic (exact) mass is 380 g/mol. The Labute approximate surface area is 162 Å². The fourth-order valence-electron chi connectivity index (χ4n) is 3.52. The van der Waals surface area contributed by atoms with Crippen LogP contribution in [0.1, 0.15) is 29.8 Å². The van der Waals surface area contributed by atoms with Gasteiger partial charge >= 0.3 is 11.9 Å². The van der Waals surface area contributed by atoms with Crippen molar-refractivity contribution in [2.45, 2.75) is 19.3 Å². The van der Waals surface area contributed by atoms with Crippen LogP contribution in [0.15, 0.2) is 42.5 Å². The maximum Gasteiger partial charge on any atom is 0.323 e. The lowest BCUT2D eigenvalue weighted by atomic mass is 10.0. The number of hydrogen-bond donors (Lipinski definition) is 0. The van der Waals surface area contributed by atoms with Crippen molar-refractivity contribution in [2.24, 2.45) is 11.3 Å². The van der Waals surface area contributed by atoms with Crippen LogP contribution in [0.4, 0.5) is 0 Å². The Kier molecular flexibility index (Phi) is 5.32. The number of fused-ring (bicyclic) bond motifs is 1. The number of ether oxygens (including phenoxy) is 2. The highest BCUT2D eigenvalue weighted by Gasteiger charge is 2.66. The molecule has 0 bridgehead atoms. The number of nitriles is 1. The van der Waals surface area contributed by atoms with E-state index in [1.54, 1.807) is 24.3 Å². The number of nitrogens with zero attached hydrogens (tertiary/aromatic N) is 2. The molecule has 0 aliphatic heterocycles. The average molecular weight is 380 g/mol. The van der Waals surface area contributed by atoms with Gasteiger partial charge in [0.2, 0.25) is 5.91 Å². The molecule has 1 atom stereocenters. The van der Waals surface area contributed by atoms with Gasteiger partial charge in [0, 0.05) is 17.7 Å². The summed E-state index contributed by atoms with van der Waals surface area (Å²) >= 11 is 0. The van der Waals surface area contributed by atoms with Crippen LogP contribution in [-0.4, -0.2) is 36.6 Å². The van der Waals surface area contributed by atoms with Crippen LogP contribution >= 0.6 is 0 Å². The Hall–Kier alpha value is -3.40. The first-order valence-corrected chi connectivity index (χ1v) is 8.87. The lowest BCUT2D eigenvalue weighted by Gasteiger charge is -2.10. The Morgan fingerprint density at radius 3 is 2.57 bits per heavy atom. The molecule has 0 saturated heterocycles. The van der Waals surface area contributed by atoms with Crippen LogP contribution in [0.25, 0.3) is 10.9 Å². The molecule has 144 valence electrons. The first-order chi connectivity index (χ1) is 13.5. The summed E-state index contributed by atoms with van der Waals surface area (Å²) in [6, 6.07) is 11.1. The molecule has 0 amide bonds. The second kappa shape index (κ2) is 7.69. The Balaban J connectivity index is 1.66. The van der Waals surface area contributed by atoms with Crippen LogP contribution < -0.4 is 0 Å². The number of allylic oxidation sites excluding steroid dienone is 2. The molecule has 7 nitrogen and oxygen atoms in total. The van der Waals surface area contributed by atoms with Gasteiger partial charge in [-0.05, 0) is 25.0 Å². The molecule has 0 spiro atoms. The lowest BCUT2D eigenvalue weighted by molar-refractivity contribution is -0.161. The van der Waals surface area contributed by atoms with E-state index < -0.39 is 17.4 Å². The van der Waals surface area contributed by atoms with Crippen LogP contribution in [0, 0.1) is 22.7 Å². The van der Waals surface area contributed by atoms with Crippen molar-refractivity contribution in [1.82, 2.24) is 4.57 Å². The highest BCUT2D eigenvalue weighted by atomic mass is 16.5. The predicted molar refractivity (Wildman–Crippen MR) is 100 cm³/mol. The molecule has 1 aromatic heterocycles. The summed E-state index contributed by atoms with van der Waals surface area (Å²) in [5, 5.41) is 10.1. The molecule has 1 fully saturated rings. The zero-order valence-electron chi connectivity index (χ0n) is 15.7. The molecule has 0 radical (unpaired) electrons. The quantitative estimate of drug-likeness (QED) is 0.434. The van der Waals surface area contributed by atoms with Gasteiger partial charge in [-0.25, -0.2) is 0 Å². The van der Waals surface area contributed by atoms with Gasteiger partial charge in [-0.2, -0.15) is 5.26 Å². The van der Waals surface area contributed by atoms with Gasteiger partial charge in [0.25, 0.3) is 0 Å². The molecule has 28 heavy (non-hydrogen) atoms. The van der Waals surface area contributed by atoms with E-state index in [2.05, 4.69) is 6.07 Å². The van der Waals surface area contributed by atoms with E-state index >= 15 is 0 Å². The molecule has 1 aliphatic rings. The number of benzene rings is 1. The Bertz CT molecular complexity index is 995. The number of para-hydroxylation sites is 1.